The summed E-state index contributed by atoms with van der Waals surface area (Å²) in [7, 11) is 1.50. The van der Waals surface area contributed by atoms with E-state index in [1.54, 1.807) is 24.3 Å². The molecular formula is C14H18N2O4. The first-order valence-electron chi connectivity index (χ1n) is 6.08. The van der Waals surface area contributed by atoms with Crippen molar-refractivity contribution in [2.24, 2.45) is 0 Å². The van der Waals surface area contributed by atoms with E-state index < -0.39 is 17.9 Å². The van der Waals surface area contributed by atoms with Crippen LogP contribution in [0.15, 0.2) is 36.9 Å². The number of carboxylic acids is 1. The summed E-state index contributed by atoms with van der Waals surface area (Å²) in [6.07, 6.45) is 1.36. The summed E-state index contributed by atoms with van der Waals surface area (Å²) >= 11 is 0. The highest BCUT2D eigenvalue weighted by molar-refractivity contribution is 5.95. The van der Waals surface area contributed by atoms with E-state index >= 15 is 0 Å². The zero-order valence-corrected chi connectivity index (χ0v) is 11.3. The number of benzene rings is 1. The summed E-state index contributed by atoms with van der Waals surface area (Å²) in [5, 5.41) is 14.3. The second kappa shape index (κ2) is 7.96. The fraction of sp³-hybridized carbons (Fsp3) is 0.286. The minimum absolute atomic E-state index is 0.179. The number of carbonyl (C=O) groups excluding carboxylic acids is 1. The molecule has 108 valence electrons. The van der Waals surface area contributed by atoms with Crippen LogP contribution in [0.5, 0.6) is 5.75 Å². The Morgan fingerprint density at radius 2 is 2.15 bits per heavy atom. The first-order chi connectivity index (χ1) is 9.58. The van der Waals surface area contributed by atoms with Gasteiger partial charge in [-0.05, 0) is 12.1 Å². The fourth-order valence-electron chi connectivity index (χ4n) is 1.61. The van der Waals surface area contributed by atoms with Crippen LogP contribution >= 0.6 is 0 Å². The predicted molar refractivity (Wildman–Crippen MR) is 75.9 cm³/mol. The van der Waals surface area contributed by atoms with Gasteiger partial charge in [0.1, 0.15) is 11.8 Å². The molecule has 0 saturated heterocycles. The van der Waals surface area contributed by atoms with Crippen molar-refractivity contribution in [3.05, 3.63) is 36.9 Å². The zero-order valence-electron chi connectivity index (χ0n) is 11.3. The molecule has 0 spiro atoms. The average molecular weight is 278 g/mol. The lowest BCUT2D eigenvalue weighted by Crippen LogP contribution is -2.39. The monoisotopic (exact) mass is 278 g/mol. The van der Waals surface area contributed by atoms with Crippen molar-refractivity contribution < 1.29 is 19.4 Å². The van der Waals surface area contributed by atoms with E-state index in [-0.39, 0.29) is 6.42 Å². The van der Waals surface area contributed by atoms with Crippen LogP contribution < -0.4 is 15.4 Å². The van der Waals surface area contributed by atoms with Gasteiger partial charge in [0.25, 0.3) is 0 Å². The van der Waals surface area contributed by atoms with Crippen molar-refractivity contribution >= 4 is 17.6 Å². The molecule has 1 unspecified atom stereocenters. The van der Waals surface area contributed by atoms with Gasteiger partial charge in [-0.2, -0.15) is 0 Å². The van der Waals surface area contributed by atoms with Crippen LogP contribution in [0.25, 0.3) is 0 Å². The molecule has 1 aromatic carbocycles. The van der Waals surface area contributed by atoms with Gasteiger partial charge < -0.3 is 20.5 Å². The minimum atomic E-state index is -1.08. The molecule has 0 fully saturated rings. The number of carbonyl (C=O) groups is 2. The SMILES string of the molecule is C=CCNC(CC(=O)Nc1ccccc1OC)C(=O)O. The summed E-state index contributed by atoms with van der Waals surface area (Å²) in [4.78, 5) is 22.9. The van der Waals surface area contributed by atoms with Crippen molar-refractivity contribution in [1.29, 1.82) is 0 Å². The summed E-state index contributed by atoms with van der Waals surface area (Å²) in [5.74, 6) is -0.965. The van der Waals surface area contributed by atoms with Gasteiger partial charge in [-0.25, -0.2) is 0 Å². The maximum absolute atomic E-state index is 11.9. The van der Waals surface area contributed by atoms with Crippen LogP contribution in [0.2, 0.25) is 0 Å². The minimum Gasteiger partial charge on any atom is -0.495 e. The van der Waals surface area contributed by atoms with E-state index in [1.807, 2.05) is 0 Å². The highest BCUT2D eigenvalue weighted by atomic mass is 16.5. The number of methoxy groups -OCH3 is 1. The third-order valence-electron chi connectivity index (χ3n) is 2.58. The Morgan fingerprint density at radius 1 is 1.45 bits per heavy atom. The molecule has 0 radical (unpaired) electrons. The number of anilines is 1. The number of para-hydroxylation sites is 2. The lowest BCUT2D eigenvalue weighted by Gasteiger charge is -2.14. The van der Waals surface area contributed by atoms with Gasteiger partial charge in [0.15, 0.2) is 0 Å². The second-order valence-corrected chi connectivity index (χ2v) is 4.04. The standard InChI is InChI=1S/C14H18N2O4/c1-3-8-15-11(14(18)19)9-13(17)16-10-6-4-5-7-12(10)20-2/h3-7,11,15H,1,8-9H2,2H3,(H,16,17)(H,18,19). The lowest BCUT2D eigenvalue weighted by molar-refractivity contribution is -0.140. The Morgan fingerprint density at radius 3 is 2.75 bits per heavy atom. The Kier molecular flexibility index (Phi) is 6.25. The number of rotatable bonds is 8. The number of carboxylic acid groups (broad SMARTS) is 1. The number of hydrogen-bond donors (Lipinski definition) is 3. The van der Waals surface area contributed by atoms with E-state index in [0.717, 1.165) is 0 Å². The maximum Gasteiger partial charge on any atom is 0.321 e. The molecule has 0 saturated carbocycles. The van der Waals surface area contributed by atoms with Crippen molar-refractivity contribution in [2.45, 2.75) is 12.5 Å². The van der Waals surface area contributed by atoms with Crippen LogP contribution in [0, 0.1) is 0 Å². The van der Waals surface area contributed by atoms with Crippen molar-refractivity contribution in [3.63, 3.8) is 0 Å². The molecule has 20 heavy (non-hydrogen) atoms. The van der Waals surface area contributed by atoms with Crippen LogP contribution in [0.1, 0.15) is 6.42 Å². The van der Waals surface area contributed by atoms with Crippen molar-refractivity contribution in [2.75, 3.05) is 19.0 Å². The molecule has 1 atom stereocenters. The summed E-state index contributed by atoms with van der Waals surface area (Å²) in [6.45, 7) is 3.81. The molecule has 0 aliphatic heterocycles. The lowest BCUT2D eigenvalue weighted by atomic mass is 10.2. The molecule has 0 heterocycles. The molecular weight excluding hydrogens is 260 g/mol. The zero-order chi connectivity index (χ0) is 15.0. The first-order valence-corrected chi connectivity index (χ1v) is 6.08. The molecule has 0 aliphatic rings. The van der Waals surface area contributed by atoms with Gasteiger partial charge >= 0.3 is 5.97 Å². The molecule has 0 aliphatic carbocycles. The van der Waals surface area contributed by atoms with Gasteiger partial charge in [-0.15, -0.1) is 6.58 Å². The van der Waals surface area contributed by atoms with E-state index in [2.05, 4.69) is 17.2 Å². The van der Waals surface area contributed by atoms with Gasteiger partial charge in [0, 0.05) is 6.54 Å². The number of aliphatic carboxylic acids is 1. The average Bonchev–Trinajstić information content (AvgIpc) is 2.43. The topological polar surface area (TPSA) is 87.7 Å². The Hall–Kier alpha value is -2.34. The van der Waals surface area contributed by atoms with E-state index in [1.165, 1.54) is 13.2 Å². The van der Waals surface area contributed by atoms with E-state index in [9.17, 15) is 9.59 Å². The van der Waals surface area contributed by atoms with Gasteiger partial charge in [0.05, 0.1) is 19.2 Å². The number of nitrogens with one attached hydrogen (secondary N) is 2. The van der Waals surface area contributed by atoms with Gasteiger partial charge in [-0.3, -0.25) is 9.59 Å². The van der Waals surface area contributed by atoms with Gasteiger partial charge in [-0.1, -0.05) is 18.2 Å². The number of amides is 1. The molecule has 1 rings (SSSR count). The van der Waals surface area contributed by atoms with Crippen molar-refractivity contribution in [3.8, 4) is 5.75 Å². The van der Waals surface area contributed by atoms with E-state index in [0.29, 0.717) is 18.0 Å². The normalized spacial score (nSPS) is 11.4. The second-order valence-electron chi connectivity index (χ2n) is 4.04. The largest absolute Gasteiger partial charge is 0.495 e. The Balaban J connectivity index is 2.65. The third-order valence-corrected chi connectivity index (χ3v) is 2.58. The molecule has 1 aromatic rings. The Bertz CT molecular complexity index is 488. The smallest absolute Gasteiger partial charge is 0.321 e. The molecule has 1 amide bonds. The van der Waals surface area contributed by atoms with Crippen LogP contribution in [-0.4, -0.2) is 36.7 Å². The quantitative estimate of drug-likeness (QED) is 0.623. The molecule has 0 aromatic heterocycles. The van der Waals surface area contributed by atoms with E-state index in [4.69, 9.17) is 9.84 Å². The summed E-state index contributed by atoms with van der Waals surface area (Å²) in [5.41, 5.74) is 0.507. The fourth-order valence-corrected chi connectivity index (χ4v) is 1.61. The van der Waals surface area contributed by atoms with Gasteiger partial charge in [0.2, 0.25) is 5.91 Å². The molecule has 6 nitrogen and oxygen atoms in total. The van der Waals surface area contributed by atoms with Crippen molar-refractivity contribution in [1.82, 2.24) is 5.32 Å². The van der Waals surface area contributed by atoms with Crippen LogP contribution in [0.4, 0.5) is 5.69 Å². The Labute approximate surface area is 117 Å². The first kappa shape index (κ1) is 15.7. The number of hydrogen-bond acceptors (Lipinski definition) is 4. The number of ether oxygens (including phenoxy) is 1. The summed E-state index contributed by atoms with van der Waals surface area (Å²) in [6, 6.07) is 5.97. The summed E-state index contributed by atoms with van der Waals surface area (Å²) < 4.78 is 5.10. The predicted octanol–water partition coefficient (Wildman–Crippen LogP) is 1.25. The maximum atomic E-state index is 11.9. The molecule has 6 heteroatoms. The highest BCUT2D eigenvalue weighted by Gasteiger charge is 2.20. The third kappa shape index (κ3) is 4.74. The van der Waals surface area contributed by atoms with Crippen LogP contribution in [0.3, 0.4) is 0 Å². The van der Waals surface area contributed by atoms with Crippen LogP contribution in [-0.2, 0) is 9.59 Å². The highest BCUT2D eigenvalue weighted by Crippen LogP contribution is 2.23. The molecule has 3 N–H and O–H groups in total. The molecule has 0 bridgehead atoms.